The summed E-state index contributed by atoms with van der Waals surface area (Å²) < 4.78 is 0. The van der Waals surface area contributed by atoms with Crippen molar-refractivity contribution in [2.24, 2.45) is 0 Å². The lowest BCUT2D eigenvalue weighted by molar-refractivity contribution is 1.07. The fraction of sp³-hybridized carbons (Fsp3) is 0.0769. The Morgan fingerprint density at radius 3 is 2.38 bits per heavy atom. The molecule has 0 fully saturated rings. The fourth-order valence-electron chi connectivity index (χ4n) is 1.41. The summed E-state index contributed by atoms with van der Waals surface area (Å²) in [5.74, 6) is 0. The second-order valence-electron chi connectivity index (χ2n) is 3.31. The standard InChI is InChI=1S/C13H10N2.ClH/c14-10-12-6-4-11(5-7-12)9-13-3-1-2-8-15-13;/h1-8H,9H2;1H. The van der Waals surface area contributed by atoms with Crippen molar-refractivity contribution in [1.29, 1.82) is 5.26 Å². The molecule has 1 heterocycles. The molecule has 0 bridgehead atoms. The van der Waals surface area contributed by atoms with Gasteiger partial charge in [-0.05, 0) is 29.8 Å². The number of nitrogens with zero attached hydrogens (tertiary/aromatic N) is 2. The zero-order chi connectivity index (χ0) is 10.5. The van der Waals surface area contributed by atoms with Gasteiger partial charge in [-0.2, -0.15) is 5.26 Å². The van der Waals surface area contributed by atoms with Gasteiger partial charge in [0, 0.05) is 18.3 Å². The van der Waals surface area contributed by atoms with Gasteiger partial charge in [0.15, 0.2) is 0 Å². The number of nitriles is 1. The molecule has 80 valence electrons. The highest BCUT2D eigenvalue weighted by atomic mass is 35.5. The van der Waals surface area contributed by atoms with E-state index in [-0.39, 0.29) is 12.4 Å². The summed E-state index contributed by atoms with van der Waals surface area (Å²) in [5.41, 5.74) is 2.91. The summed E-state index contributed by atoms with van der Waals surface area (Å²) in [7, 11) is 0. The molecule has 0 saturated heterocycles. The summed E-state index contributed by atoms with van der Waals surface area (Å²) in [6.07, 6.45) is 2.60. The van der Waals surface area contributed by atoms with Crippen molar-refractivity contribution in [2.45, 2.75) is 6.42 Å². The second kappa shape index (κ2) is 5.89. The Morgan fingerprint density at radius 1 is 1.06 bits per heavy atom. The molecule has 0 saturated carbocycles. The molecule has 0 unspecified atom stereocenters. The molecular formula is C13H11ClN2. The van der Waals surface area contributed by atoms with Crippen LogP contribution in [0.25, 0.3) is 0 Å². The van der Waals surface area contributed by atoms with E-state index in [0.29, 0.717) is 5.56 Å². The van der Waals surface area contributed by atoms with Crippen LogP contribution < -0.4 is 0 Å². The molecule has 0 radical (unpaired) electrons. The van der Waals surface area contributed by atoms with Crippen LogP contribution in [0.4, 0.5) is 0 Å². The molecule has 0 aliphatic rings. The molecule has 0 N–H and O–H groups in total. The molecular weight excluding hydrogens is 220 g/mol. The number of benzene rings is 1. The van der Waals surface area contributed by atoms with Gasteiger partial charge in [0.1, 0.15) is 0 Å². The zero-order valence-electron chi connectivity index (χ0n) is 8.63. The van der Waals surface area contributed by atoms with E-state index in [4.69, 9.17) is 5.26 Å². The van der Waals surface area contributed by atoms with Gasteiger partial charge in [-0.3, -0.25) is 4.98 Å². The van der Waals surface area contributed by atoms with E-state index in [9.17, 15) is 0 Å². The Kier molecular flexibility index (Phi) is 4.50. The number of hydrogen-bond acceptors (Lipinski definition) is 2. The highest BCUT2D eigenvalue weighted by Crippen LogP contribution is 2.08. The third kappa shape index (κ3) is 3.08. The van der Waals surface area contributed by atoms with Crippen LogP contribution in [0.2, 0.25) is 0 Å². The molecule has 2 rings (SSSR count). The topological polar surface area (TPSA) is 36.7 Å². The molecule has 1 aromatic heterocycles. The van der Waals surface area contributed by atoms with Crippen molar-refractivity contribution < 1.29 is 0 Å². The maximum Gasteiger partial charge on any atom is 0.0991 e. The molecule has 0 amide bonds. The highest BCUT2D eigenvalue weighted by molar-refractivity contribution is 5.85. The van der Waals surface area contributed by atoms with Crippen molar-refractivity contribution in [3.63, 3.8) is 0 Å². The van der Waals surface area contributed by atoms with Crippen molar-refractivity contribution in [3.05, 3.63) is 65.5 Å². The van der Waals surface area contributed by atoms with Gasteiger partial charge in [-0.25, -0.2) is 0 Å². The van der Waals surface area contributed by atoms with Gasteiger partial charge in [0.05, 0.1) is 11.6 Å². The van der Waals surface area contributed by atoms with E-state index in [2.05, 4.69) is 11.1 Å². The zero-order valence-corrected chi connectivity index (χ0v) is 9.45. The van der Waals surface area contributed by atoms with Crippen LogP contribution in [0.3, 0.4) is 0 Å². The minimum atomic E-state index is 0. The van der Waals surface area contributed by atoms with Crippen molar-refractivity contribution in [3.8, 4) is 6.07 Å². The van der Waals surface area contributed by atoms with Crippen LogP contribution in [-0.2, 0) is 6.42 Å². The van der Waals surface area contributed by atoms with Gasteiger partial charge in [0.2, 0.25) is 0 Å². The molecule has 2 nitrogen and oxygen atoms in total. The average molecular weight is 231 g/mol. The predicted octanol–water partition coefficient (Wildman–Crippen LogP) is 2.97. The lowest BCUT2D eigenvalue weighted by Crippen LogP contribution is -1.90. The van der Waals surface area contributed by atoms with Crippen molar-refractivity contribution in [2.75, 3.05) is 0 Å². The number of halogens is 1. The Hall–Kier alpha value is -1.85. The minimum absolute atomic E-state index is 0. The maximum absolute atomic E-state index is 8.66. The van der Waals surface area contributed by atoms with Gasteiger partial charge in [0.25, 0.3) is 0 Å². The molecule has 0 aliphatic carbocycles. The summed E-state index contributed by atoms with van der Waals surface area (Å²) in [5, 5.41) is 8.66. The van der Waals surface area contributed by atoms with E-state index in [1.165, 1.54) is 5.56 Å². The quantitative estimate of drug-likeness (QED) is 0.795. The third-order valence-electron chi connectivity index (χ3n) is 2.19. The van der Waals surface area contributed by atoms with E-state index in [1.807, 2.05) is 42.5 Å². The first-order valence-corrected chi connectivity index (χ1v) is 4.77. The molecule has 0 spiro atoms. The van der Waals surface area contributed by atoms with Crippen LogP contribution in [0.5, 0.6) is 0 Å². The van der Waals surface area contributed by atoms with Crippen LogP contribution in [0, 0.1) is 11.3 Å². The van der Waals surface area contributed by atoms with Crippen LogP contribution in [-0.4, -0.2) is 4.98 Å². The first-order chi connectivity index (χ1) is 7.38. The lowest BCUT2D eigenvalue weighted by atomic mass is 10.1. The van der Waals surface area contributed by atoms with Crippen LogP contribution in [0.15, 0.2) is 48.7 Å². The van der Waals surface area contributed by atoms with E-state index < -0.39 is 0 Å². The number of hydrogen-bond donors (Lipinski definition) is 0. The molecule has 0 aliphatic heterocycles. The lowest BCUT2D eigenvalue weighted by Gasteiger charge is -2.00. The van der Waals surface area contributed by atoms with Gasteiger partial charge >= 0.3 is 0 Å². The van der Waals surface area contributed by atoms with Crippen molar-refractivity contribution in [1.82, 2.24) is 4.98 Å². The Balaban J connectivity index is 0.00000128. The molecule has 1 aromatic carbocycles. The largest absolute Gasteiger partial charge is 0.261 e. The Morgan fingerprint density at radius 2 is 1.81 bits per heavy atom. The molecule has 16 heavy (non-hydrogen) atoms. The average Bonchev–Trinajstić information content (AvgIpc) is 2.31. The minimum Gasteiger partial charge on any atom is -0.261 e. The van der Waals surface area contributed by atoms with E-state index in [0.717, 1.165) is 12.1 Å². The Bertz CT molecular complexity index is 472. The normalized spacial score (nSPS) is 8.94. The smallest absolute Gasteiger partial charge is 0.0991 e. The molecule has 3 heteroatoms. The summed E-state index contributed by atoms with van der Waals surface area (Å²) in [4.78, 5) is 4.25. The van der Waals surface area contributed by atoms with E-state index >= 15 is 0 Å². The molecule has 0 atom stereocenters. The first kappa shape index (κ1) is 12.2. The summed E-state index contributed by atoms with van der Waals surface area (Å²) in [6.45, 7) is 0. The van der Waals surface area contributed by atoms with Crippen molar-refractivity contribution >= 4 is 12.4 Å². The Labute approximate surface area is 101 Å². The van der Waals surface area contributed by atoms with Crippen LogP contribution >= 0.6 is 12.4 Å². The van der Waals surface area contributed by atoms with Gasteiger partial charge < -0.3 is 0 Å². The fourth-order valence-corrected chi connectivity index (χ4v) is 1.41. The number of rotatable bonds is 2. The SMILES string of the molecule is Cl.N#Cc1ccc(Cc2ccccn2)cc1. The first-order valence-electron chi connectivity index (χ1n) is 4.77. The van der Waals surface area contributed by atoms with Crippen LogP contribution in [0.1, 0.15) is 16.8 Å². The summed E-state index contributed by atoms with van der Waals surface area (Å²) >= 11 is 0. The maximum atomic E-state index is 8.66. The summed E-state index contributed by atoms with van der Waals surface area (Å²) in [6, 6.07) is 15.6. The van der Waals surface area contributed by atoms with E-state index in [1.54, 1.807) is 6.20 Å². The number of pyridine rings is 1. The predicted molar refractivity (Wildman–Crippen MR) is 65.4 cm³/mol. The third-order valence-corrected chi connectivity index (χ3v) is 2.19. The molecule has 2 aromatic rings. The van der Waals surface area contributed by atoms with Gasteiger partial charge in [-0.1, -0.05) is 18.2 Å². The monoisotopic (exact) mass is 230 g/mol. The number of aromatic nitrogens is 1. The highest BCUT2D eigenvalue weighted by Gasteiger charge is 1.96. The second-order valence-corrected chi connectivity index (χ2v) is 3.31. The van der Waals surface area contributed by atoms with Gasteiger partial charge in [-0.15, -0.1) is 12.4 Å².